The van der Waals surface area contributed by atoms with Crippen molar-refractivity contribution in [3.8, 4) is 0 Å². The molecular weight excluding hydrogens is 360 g/mol. The number of benzene rings is 2. The van der Waals surface area contributed by atoms with Crippen molar-refractivity contribution in [1.82, 2.24) is 10.3 Å². The van der Waals surface area contributed by atoms with Crippen LogP contribution in [0.25, 0.3) is 10.2 Å². The molecule has 27 heavy (non-hydrogen) atoms. The van der Waals surface area contributed by atoms with Gasteiger partial charge in [-0.1, -0.05) is 42.5 Å². The summed E-state index contributed by atoms with van der Waals surface area (Å²) in [6.45, 7) is 0. The minimum atomic E-state index is -0.908. The maximum absolute atomic E-state index is 12.5. The first-order valence-corrected chi connectivity index (χ1v) is 9.90. The number of ether oxygens (including phenoxy) is 1. The molecule has 0 saturated heterocycles. The van der Waals surface area contributed by atoms with Gasteiger partial charge in [0.1, 0.15) is 0 Å². The molecule has 1 amide bonds. The Kier molecular flexibility index (Phi) is 5.16. The second-order valence-electron chi connectivity index (χ2n) is 6.64. The van der Waals surface area contributed by atoms with Gasteiger partial charge in [-0.3, -0.25) is 9.59 Å². The molecule has 0 radical (unpaired) electrons. The number of hydrogen-bond donors (Lipinski definition) is 1. The molecular formula is C21H20N2O3S. The summed E-state index contributed by atoms with van der Waals surface area (Å²) in [7, 11) is 0. The number of carbonyl (C=O) groups is 2. The molecule has 0 bridgehead atoms. The zero-order chi connectivity index (χ0) is 18.6. The molecule has 138 valence electrons. The maximum atomic E-state index is 12.5. The summed E-state index contributed by atoms with van der Waals surface area (Å²) in [6.07, 6.45) is 1.76. The monoisotopic (exact) mass is 380 g/mol. The van der Waals surface area contributed by atoms with E-state index in [0.717, 1.165) is 28.1 Å². The molecule has 1 aliphatic rings. The largest absolute Gasteiger partial charge is 0.447 e. The van der Waals surface area contributed by atoms with Crippen LogP contribution in [0.15, 0.2) is 54.6 Å². The molecule has 5 nitrogen and oxygen atoms in total. The van der Waals surface area contributed by atoms with Crippen LogP contribution >= 0.6 is 11.3 Å². The molecule has 0 aliphatic heterocycles. The van der Waals surface area contributed by atoms with Crippen molar-refractivity contribution in [3.05, 3.63) is 65.2 Å². The van der Waals surface area contributed by atoms with Gasteiger partial charge in [0.05, 0.1) is 21.6 Å². The first-order valence-electron chi connectivity index (χ1n) is 9.08. The number of thiazole rings is 1. The smallest absolute Gasteiger partial charge is 0.307 e. The summed E-state index contributed by atoms with van der Waals surface area (Å²) in [4.78, 5) is 29.5. The van der Waals surface area contributed by atoms with Crippen LogP contribution in [0, 0.1) is 0 Å². The number of rotatable bonds is 7. The molecule has 1 heterocycles. The molecule has 4 rings (SSSR count). The van der Waals surface area contributed by atoms with Gasteiger partial charge in [0, 0.05) is 18.0 Å². The quantitative estimate of drug-likeness (QED) is 0.633. The van der Waals surface area contributed by atoms with Crippen LogP contribution in [0.3, 0.4) is 0 Å². The second-order valence-corrected chi connectivity index (χ2v) is 7.75. The second kappa shape index (κ2) is 7.88. The predicted octanol–water partition coefficient (Wildman–Crippen LogP) is 3.79. The topological polar surface area (TPSA) is 68.3 Å². The first kappa shape index (κ1) is 17.7. The van der Waals surface area contributed by atoms with Gasteiger partial charge in [-0.15, -0.1) is 11.3 Å². The van der Waals surface area contributed by atoms with Crippen molar-refractivity contribution in [2.75, 3.05) is 0 Å². The molecule has 3 aromatic rings. The number of amides is 1. The lowest BCUT2D eigenvalue weighted by atomic mass is 10.1. The molecule has 1 aliphatic carbocycles. The van der Waals surface area contributed by atoms with Gasteiger partial charge >= 0.3 is 5.97 Å². The molecule has 1 atom stereocenters. The third kappa shape index (κ3) is 4.52. The van der Waals surface area contributed by atoms with Crippen molar-refractivity contribution in [2.24, 2.45) is 0 Å². The third-order valence-electron chi connectivity index (χ3n) is 4.39. The van der Waals surface area contributed by atoms with Crippen LogP contribution in [-0.4, -0.2) is 22.9 Å². The van der Waals surface area contributed by atoms with Crippen molar-refractivity contribution in [1.29, 1.82) is 0 Å². The van der Waals surface area contributed by atoms with E-state index in [1.807, 2.05) is 42.5 Å². The first-order chi connectivity index (χ1) is 13.2. The standard InChI is InChI=1S/C21H20N2O3S/c24-19(13-12-18-23-16-8-4-5-9-17(16)27-18)26-20(14-6-2-1-3-7-14)21(25)22-15-10-11-15/h1-9,15,20H,10-13H2,(H,22,25)/t20-/m1/s1. The van der Waals surface area contributed by atoms with E-state index in [2.05, 4.69) is 10.3 Å². The molecule has 0 spiro atoms. The highest BCUT2D eigenvalue weighted by Crippen LogP contribution is 2.25. The summed E-state index contributed by atoms with van der Waals surface area (Å²) < 4.78 is 6.65. The highest BCUT2D eigenvalue weighted by atomic mass is 32.1. The Morgan fingerprint density at radius 1 is 1.11 bits per heavy atom. The number of carbonyl (C=O) groups excluding carboxylic acids is 2. The molecule has 1 N–H and O–H groups in total. The van der Waals surface area contributed by atoms with E-state index in [9.17, 15) is 9.59 Å². The molecule has 1 fully saturated rings. The molecule has 2 aromatic carbocycles. The fourth-order valence-electron chi connectivity index (χ4n) is 2.83. The van der Waals surface area contributed by atoms with Crippen molar-refractivity contribution >= 4 is 33.4 Å². The number of para-hydroxylation sites is 1. The molecule has 6 heteroatoms. The van der Waals surface area contributed by atoms with E-state index < -0.39 is 12.1 Å². The van der Waals surface area contributed by atoms with Crippen LogP contribution in [-0.2, 0) is 20.7 Å². The summed E-state index contributed by atoms with van der Waals surface area (Å²) in [6, 6.07) is 17.3. The van der Waals surface area contributed by atoms with Gasteiger partial charge in [-0.2, -0.15) is 0 Å². The third-order valence-corrected chi connectivity index (χ3v) is 5.49. The van der Waals surface area contributed by atoms with Crippen LogP contribution in [0.5, 0.6) is 0 Å². The van der Waals surface area contributed by atoms with Crippen LogP contribution < -0.4 is 5.32 Å². The number of aromatic nitrogens is 1. The van der Waals surface area contributed by atoms with Gasteiger partial charge in [0.15, 0.2) is 0 Å². The number of aryl methyl sites for hydroxylation is 1. The molecule has 1 saturated carbocycles. The molecule has 1 aromatic heterocycles. The van der Waals surface area contributed by atoms with E-state index in [0.29, 0.717) is 12.0 Å². The van der Waals surface area contributed by atoms with E-state index in [1.165, 1.54) is 0 Å². The van der Waals surface area contributed by atoms with Crippen LogP contribution in [0.4, 0.5) is 0 Å². The Labute approximate surface area is 161 Å². The number of nitrogens with zero attached hydrogens (tertiary/aromatic N) is 1. The van der Waals surface area contributed by atoms with Crippen LogP contribution in [0.2, 0.25) is 0 Å². The van der Waals surface area contributed by atoms with Gasteiger partial charge in [0.2, 0.25) is 6.10 Å². The van der Waals surface area contributed by atoms with Gasteiger partial charge in [-0.05, 0) is 25.0 Å². The van der Waals surface area contributed by atoms with Gasteiger partial charge in [0.25, 0.3) is 5.91 Å². The number of fused-ring (bicyclic) bond motifs is 1. The summed E-state index contributed by atoms with van der Waals surface area (Å²) >= 11 is 1.58. The Balaban J connectivity index is 1.40. The number of nitrogens with one attached hydrogen (secondary N) is 1. The van der Waals surface area contributed by atoms with Crippen molar-refractivity contribution in [2.45, 2.75) is 37.8 Å². The minimum Gasteiger partial charge on any atom is -0.447 e. The lowest BCUT2D eigenvalue weighted by Crippen LogP contribution is -2.33. The van der Waals surface area contributed by atoms with Crippen molar-refractivity contribution in [3.63, 3.8) is 0 Å². The summed E-state index contributed by atoms with van der Waals surface area (Å²) in [5, 5.41) is 3.82. The average molecular weight is 380 g/mol. The SMILES string of the molecule is O=C(CCc1nc2ccccc2s1)O[C@@H](C(=O)NC1CC1)c1ccccc1. The van der Waals surface area contributed by atoms with E-state index in [4.69, 9.17) is 4.74 Å². The van der Waals surface area contributed by atoms with Gasteiger partial charge in [-0.25, -0.2) is 4.98 Å². The number of hydrogen-bond acceptors (Lipinski definition) is 5. The Morgan fingerprint density at radius 2 is 1.85 bits per heavy atom. The zero-order valence-electron chi connectivity index (χ0n) is 14.8. The summed E-state index contributed by atoms with van der Waals surface area (Å²) in [5.74, 6) is -0.647. The highest BCUT2D eigenvalue weighted by molar-refractivity contribution is 7.18. The average Bonchev–Trinajstić information content (AvgIpc) is 3.40. The highest BCUT2D eigenvalue weighted by Gasteiger charge is 2.30. The van der Waals surface area contributed by atoms with E-state index in [1.54, 1.807) is 23.5 Å². The Bertz CT molecular complexity index is 917. The fourth-order valence-corrected chi connectivity index (χ4v) is 3.80. The molecule has 0 unspecified atom stereocenters. The summed E-state index contributed by atoms with van der Waals surface area (Å²) in [5.41, 5.74) is 1.63. The predicted molar refractivity (Wildman–Crippen MR) is 104 cm³/mol. The van der Waals surface area contributed by atoms with E-state index >= 15 is 0 Å². The number of esters is 1. The fraction of sp³-hybridized carbons (Fsp3) is 0.286. The Morgan fingerprint density at radius 3 is 2.59 bits per heavy atom. The lowest BCUT2D eigenvalue weighted by molar-refractivity contribution is -0.156. The normalized spacial score (nSPS) is 14.7. The lowest BCUT2D eigenvalue weighted by Gasteiger charge is -2.18. The maximum Gasteiger partial charge on any atom is 0.307 e. The minimum absolute atomic E-state index is 0.194. The van der Waals surface area contributed by atoms with Crippen LogP contribution in [0.1, 0.15) is 35.9 Å². The van der Waals surface area contributed by atoms with Crippen molar-refractivity contribution < 1.29 is 14.3 Å². The zero-order valence-corrected chi connectivity index (χ0v) is 15.6. The van der Waals surface area contributed by atoms with Gasteiger partial charge < -0.3 is 10.1 Å². The van der Waals surface area contributed by atoms with E-state index in [-0.39, 0.29) is 18.4 Å². The Hall–Kier alpha value is -2.73.